The van der Waals surface area contributed by atoms with Gasteiger partial charge in [-0.15, -0.1) is 0 Å². The average Bonchev–Trinajstić information content (AvgIpc) is 1.00. The molecule has 26 valence electrons. The summed E-state index contributed by atoms with van der Waals surface area (Å²) in [4.78, 5) is 0. The summed E-state index contributed by atoms with van der Waals surface area (Å²) in [5.41, 5.74) is 0. The normalized spacial score (nSPS) is 0.800. The van der Waals surface area contributed by atoms with E-state index < -0.39 is 0 Å². The van der Waals surface area contributed by atoms with Gasteiger partial charge in [0, 0.05) is 0 Å². The molecule has 0 aromatic carbocycles. The SMILES string of the molecule is [In+3].[O-2].[O-2].[O]=[Sb+]. The maximum absolute atomic E-state index is 8.30. The topological polar surface area (TPSA) is 74.1 Å². The second-order valence-electron chi connectivity index (χ2n) is 0. The Hall–Kier alpha value is 1.41. The van der Waals surface area contributed by atoms with Gasteiger partial charge in [-0.3, -0.25) is 0 Å². The summed E-state index contributed by atoms with van der Waals surface area (Å²) in [5.74, 6) is 0. The molecule has 0 fully saturated rings. The molecule has 0 amide bonds. The molecule has 0 atom stereocenters. The van der Waals surface area contributed by atoms with Crippen LogP contribution in [0.5, 0.6) is 0 Å². The zero-order valence-corrected chi connectivity index (χ0v) is 8.10. The average molecular weight is 285 g/mol. The van der Waals surface area contributed by atoms with Crippen LogP contribution in [-0.4, -0.2) is 48.9 Å². The Kier molecular flexibility index (Phi) is 343. The molecule has 5 heteroatoms. The van der Waals surface area contributed by atoms with Crippen LogP contribution >= 0.6 is 0 Å². The monoisotopic (exact) mass is 284 g/mol. The summed E-state index contributed by atoms with van der Waals surface area (Å²) >= 11 is 0.500. The first-order valence-corrected chi connectivity index (χ1v) is 1.22. The van der Waals surface area contributed by atoms with Gasteiger partial charge in [0.15, 0.2) is 0 Å². The van der Waals surface area contributed by atoms with Crippen LogP contribution in [0, 0.1) is 0 Å². The molecule has 5 heavy (non-hydrogen) atoms. The van der Waals surface area contributed by atoms with Gasteiger partial charge in [-0.1, -0.05) is 0 Å². The first-order valence-electron chi connectivity index (χ1n) is 0.183. The van der Waals surface area contributed by atoms with Gasteiger partial charge in [0.05, 0.1) is 0 Å². The third-order valence-corrected chi connectivity index (χ3v) is 0. The van der Waals surface area contributed by atoms with E-state index in [1.807, 2.05) is 0 Å². The fraction of sp³-hybridized carbons (Fsp3) is 0. The van der Waals surface area contributed by atoms with Crippen molar-refractivity contribution >= 4 is 48.9 Å². The van der Waals surface area contributed by atoms with Gasteiger partial charge in [-0.25, -0.2) is 0 Å². The summed E-state index contributed by atoms with van der Waals surface area (Å²) in [5, 5.41) is 0. The van der Waals surface area contributed by atoms with Crippen molar-refractivity contribution in [2.24, 2.45) is 0 Å². The number of rotatable bonds is 0. The van der Waals surface area contributed by atoms with E-state index >= 15 is 0 Å². The summed E-state index contributed by atoms with van der Waals surface area (Å²) in [7, 11) is 0. The molecule has 0 unspecified atom stereocenters. The van der Waals surface area contributed by atoms with Crippen molar-refractivity contribution in [1.82, 2.24) is 0 Å². The van der Waals surface area contributed by atoms with Crippen LogP contribution in [0.4, 0.5) is 0 Å². The first-order chi connectivity index (χ1) is 1.00. The van der Waals surface area contributed by atoms with Crippen molar-refractivity contribution in [2.45, 2.75) is 0 Å². The van der Waals surface area contributed by atoms with E-state index in [0.29, 0.717) is 23.0 Å². The van der Waals surface area contributed by atoms with Gasteiger partial charge >= 0.3 is 51.9 Å². The molecule has 0 aromatic heterocycles. The van der Waals surface area contributed by atoms with Gasteiger partial charge in [0.25, 0.3) is 0 Å². The summed E-state index contributed by atoms with van der Waals surface area (Å²) < 4.78 is 8.30. The Morgan fingerprint density at radius 2 is 1.00 bits per heavy atom. The predicted octanol–water partition coefficient (Wildman–Crippen LogP) is -1.12. The van der Waals surface area contributed by atoms with E-state index in [4.69, 9.17) is 3.02 Å². The quantitative estimate of drug-likeness (QED) is 0.519. The van der Waals surface area contributed by atoms with Crippen molar-refractivity contribution in [3.63, 3.8) is 0 Å². The molecule has 0 saturated heterocycles. The van der Waals surface area contributed by atoms with E-state index in [-0.39, 0.29) is 36.8 Å². The minimum absolute atomic E-state index is 0. The van der Waals surface area contributed by atoms with Gasteiger partial charge < -0.3 is 11.0 Å². The standard InChI is InChI=1S/In.3O.Sb/q+3;;2*-2;+1. The van der Waals surface area contributed by atoms with E-state index in [1.54, 1.807) is 0 Å². The molecule has 0 N–H and O–H groups in total. The van der Waals surface area contributed by atoms with Gasteiger partial charge in [-0.05, 0) is 0 Å². The van der Waals surface area contributed by atoms with Gasteiger partial charge in [-0.2, -0.15) is 0 Å². The Balaban J connectivity index is -0.00000000167. The zero-order chi connectivity index (χ0) is 2.00. The second kappa shape index (κ2) is 53.0. The number of hydrogen-bond donors (Lipinski definition) is 0. The molecule has 0 aliphatic heterocycles. The van der Waals surface area contributed by atoms with Crippen LogP contribution in [-0.2, 0) is 14.0 Å². The Morgan fingerprint density at radius 1 is 1.00 bits per heavy atom. The molecule has 3 nitrogen and oxygen atoms in total. The van der Waals surface area contributed by atoms with Gasteiger partial charge in [0.2, 0.25) is 0 Å². The van der Waals surface area contributed by atoms with Crippen molar-refractivity contribution in [3.8, 4) is 0 Å². The molecule has 0 heterocycles. The summed E-state index contributed by atoms with van der Waals surface area (Å²) in [6.45, 7) is 0. The molecule has 0 aliphatic carbocycles. The van der Waals surface area contributed by atoms with Crippen LogP contribution in [0.2, 0.25) is 0 Å². The Bertz CT molecular complexity index is 6.85. The summed E-state index contributed by atoms with van der Waals surface area (Å²) in [6.07, 6.45) is 0. The Labute approximate surface area is 62.4 Å². The second-order valence-corrected chi connectivity index (χ2v) is 0. The van der Waals surface area contributed by atoms with Crippen LogP contribution in [0.3, 0.4) is 0 Å². The predicted molar refractivity (Wildman–Crippen MR) is 13.6 cm³/mol. The molecule has 0 aromatic rings. The van der Waals surface area contributed by atoms with Gasteiger partial charge in [0.1, 0.15) is 0 Å². The van der Waals surface area contributed by atoms with Crippen LogP contribution in [0.25, 0.3) is 0 Å². The van der Waals surface area contributed by atoms with Crippen molar-refractivity contribution in [3.05, 3.63) is 0 Å². The zero-order valence-electron chi connectivity index (χ0n) is 2.25. The number of hydrogen-bond acceptors (Lipinski definition) is 1. The molecular formula is InO3Sb. The van der Waals surface area contributed by atoms with Crippen LogP contribution in [0.1, 0.15) is 0 Å². The van der Waals surface area contributed by atoms with Crippen LogP contribution < -0.4 is 0 Å². The van der Waals surface area contributed by atoms with Crippen LogP contribution in [0.15, 0.2) is 0 Å². The van der Waals surface area contributed by atoms with E-state index in [0.717, 1.165) is 0 Å². The molecule has 0 rings (SSSR count). The fourth-order valence-corrected chi connectivity index (χ4v) is 0. The fourth-order valence-electron chi connectivity index (χ4n) is 0. The van der Waals surface area contributed by atoms with E-state index in [9.17, 15) is 0 Å². The third kappa shape index (κ3) is 31.7. The van der Waals surface area contributed by atoms with Crippen molar-refractivity contribution < 1.29 is 14.0 Å². The van der Waals surface area contributed by atoms with E-state index in [1.165, 1.54) is 0 Å². The van der Waals surface area contributed by atoms with Crippen molar-refractivity contribution in [1.29, 1.82) is 0 Å². The molecule has 0 bridgehead atoms. The third-order valence-electron chi connectivity index (χ3n) is 0. The molecule has 0 aliphatic rings. The maximum atomic E-state index is 8.30. The summed E-state index contributed by atoms with van der Waals surface area (Å²) in [6, 6.07) is 0. The van der Waals surface area contributed by atoms with E-state index in [2.05, 4.69) is 0 Å². The molecule has 0 saturated carbocycles. The molecular weight excluding hydrogens is 285 g/mol. The molecule has 0 spiro atoms. The molecule has 2 radical (unpaired) electrons. The Morgan fingerprint density at radius 3 is 1.00 bits per heavy atom. The minimum atomic E-state index is 0. The first kappa shape index (κ1) is 32.3. The van der Waals surface area contributed by atoms with Crippen molar-refractivity contribution in [2.75, 3.05) is 0 Å².